The molecule has 1 N–H and O–H groups in total. The van der Waals surface area contributed by atoms with E-state index in [4.69, 9.17) is 0 Å². The first kappa shape index (κ1) is 13.9. The molecule has 0 saturated carbocycles. The maximum atomic E-state index is 11.0. The van der Waals surface area contributed by atoms with Crippen LogP contribution in [0.25, 0.3) is 0 Å². The molecule has 0 fully saturated rings. The molecule has 7 nitrogen and oxygen atoms in total. The normalized spacial score (nSPS) is 10.1. The predicted molar refractivity (Wildman–Crippen MR) is 77.2 cm³/mol. The molecule has 0 heterocycles. The minimum absolute atomic E-state index is 0.197. The summed E-state index contributed by atoms with van der Waals surface area (Å²) in [6.07, 6.45) is 0. The summed E-state index contributed by atoms with van der Waals surface area (Å²) in [6, 6.07) is 10.5. The monoisotopic (exact) mass is 337 g/mol. The SMILES string of the molecule is O=[N+]([O-])c1ccc(Nc2ccc(Br)cc2)c([N+](=O)[O-])c1. The van der Waals surface area contributed by atoms with Gasteiger partial charge >= 0.3 is 0 Å². The van der Waals surface area contributed by atoms with Gasteiger partial charge in [-0.3, -0.25) is 20.2 Å². The van der Waals surface area contributed by atoms with Gasteiger partial charge in [-0.25, -0.2) is 0 Å². The summed E-state index contributed by atoms with van der Waals surface area (Å²) in [5.74, 6) is 0. The van der Waals surface area contributed by atoms with Gasteiger partial charge in [0.05, 0.1) is 15.9 Å². The number of halogens is 1. The maximum Gasteiger partial charge on any atom is 0.299 e. The summed E-state index contributed by atoms with van der Waals surface area (Å²) in [4.78, 5) is 20.3. The van der Waals surface area contributed by atoms with E-state index in [9.17, 15) is 20.2 Å². The highest BCUT2D eigenvalue weighted by Crippen LogP contribution is 2.31. The molecule has 0 aliphatic carbocycles. The Bertz CT molecular complexity index is 673. The number of nitro benzene ring substituents is 2. The minimum atomic E-state index is -0.670. The van der Waals surface area contributed by atoms with Gasteiger partial charge in [0.25, 0.3) is 11.4 Å². The zero-order valence-electron chi connectivity index (χ0n) is 9.95. The van der Waals surface area contributed by atoms with E-state index in [0.29, 0.717) is 5.69 Å². The van der Waals surface area contributed by atoms with Gasteiger partial charge in [0.1, 0.15) is 5.69 Å². The quantitative estimate of drug-likeness (QED) is 0.671. The number of hydrogen-bond donors (Lipinski definition) is 1. The molecule has 0 bridgehead atoms. The lowest BCUT2D eigenvalue weighted by Gasteiger charge is -2.07. The molecule has 0 aliphatic rings. The van der Waals surface area contributed by atoms with Crippen molar-refractivity contribution in [2.24, 2.45) is 0 Å². The fourth-order valence-electron chi connectivity index (χ4n) is 1.58. The first-order valence-corrected chi connectivity index (χ1v) is 6.22. The van der Waals surface area contributed by atoms with Gasteiger partial charge in [0.15, 0.2) is 0 Å². The molecular formula is C12H8BrN3O4. The number of rotatable bonds is 4. The van der Waals surface area contributed by atoms with Crippen molar-refractivity contribution in [3.63, 3.8) is 0 Å². The Morgan fingerprint density at radius 1 is 0.950 bits per heavy atom. The van der Waals surface area contributed by atoms with Crippen molar-refractivity contribution in [2.45, 2.75) is 0 Å². The molecule has 0 aliphatic heterocycles. The summed E-state index contributed by atoms with van der Waals surface area (Å²) in [6.45, 7) is 0. The fraction of sp³-hybridized carbons (Fsp3) is 0. The molecule has 0 amide bonds. The summed E-state index contributed by atoms with van der Waals surface area (Å²) >= 11 is 3.28. The van der Waals surface area contributed by atoms with Crippen LogP contribution in [0.5, 0.6) is 0 Å². The van der Waals surface area contributed by atoms with Gasteiger partial charge in [-0.1, -0.05) is 15.9 Å². The highest BCUT2D eigenvalue weighted by Gasteiger charge is 2.19. The lowest BCUT2D eigenvalue weighted by molar-refractivity contribution is -0.393. The van der Waals surface area contributed by atoms with Gasteiger partial charge in [0.2, 0.25) is 0 Å². The Kier molecular flexibility index (Phi) is 3.94. The molecule has 8 heteroatoms. The summed E-state index contributed by atoms with van der Waals surface area (Å²) in [5, 5.41) is 24.5. The Morgan fingerprint density at radius 2 is 1.60 bits per heavy atom. The molecule has 0 atom stereocenters. The molecule has 2 aromatic rings. The number of nitrogens with one attached hydrogen (secondary N) is 1. The Balaban J connectivity index is 2.38. The van der Waals surface area contributed by atoms with E-state index >= 15 is 0 Å². The van der Waals surface area contributed by atoms with Crippen molar-refractivity contribution >= 4 is 38.7 Å². The third-order valence-corrected chi connectivity index (χ3v) is 3.04. The van der Waals surface area contributed by atoms with Gasteiger partial charge in [-0.15, -0.1) is 0 Å². The van der Waals surface area contributed by atoms with Crippen LogP contribution in [-0.2, 0) is 0 Å². The molecule has 102 valence electrons. The van der Waals surface area contributed by atoms with Crippen molar-refractivity contribution < 1.29 is 9.85 Å². The molecule has 0 aromatic heterocycles. The first-order chi connectivity index (χ1) is 9.47. The minimum Gasteiger partial charge on any atom is -0.350 e. The third kappa shape index (κ3) is 3.09. The molecular weight excluding hydrogens is 330 g/mol. The van der Waals surface area contributed by atoms with Gasteiger partial charge in [-0.05, 0) is 30.3 Å². The first-order valence-electron chi connectivity index (χ1n) is 5.43. The van der Waals surface area contributed by atoms with Crippen LogP contribution in [0.2, 0.25) is 0 Å². The standard InChI is InChI=1S/C12H8BrN3O4/c13-8-1-3-9(4-2-8)14-11-6-5-10(15(17)18)7-12(11)16(19)20/h1-7,14H. The molecule has 0 spiro atoms. The number of benzene rings is 2. The van der Waals surface area contributed by atoms with Crippen LogP contribution in [0.1, 0.15) is 0 Å². The highest BCUT2D eigenvalue weighted by atomic mass is 79.9. The second-order valence-electron chi connectivity index (χ2n) is 3.85. The molecule has 2 aromatic carbocycles. The van der Waals surface area contributed by atoms with E-state index in [1.165, 1.54) is 12.1 Å². The Hall–Kier alpha value is -2.48. The van der Waals surface area contributed by atoms with Crippen LogP contribution in [-0.4, -0.2) is 9.85 Å². The number of anilines is 2. The average Bonchev–Trinajstić information content (AvgIpc) is 2.41. The molecule has 20 heavy (non-hydrogen) atoms. The van der Waals surface area contributed by atoms with Gasteiger partial charge in [0, 0.05) is 16.2 Å². The van der Waals surface area contributed by atoms with Crippen LogP contribution in [0.3, 0.4) is 0 Å². The topological polar surface area (TPSA) is 98.3 Å². The third-order valence-electron chi connectivity index (χ3n) is 2.51. The van der Waals surface area contributed by atoms with Crippen molar-refractivity contribution in [3.8, 4) is 0 Å². The average molecular weight is 338 g/mol. The number of nitrogens with zero attached hydrogens (tertiary/aromatic N) is 2. The lowest BCUT2D eigenvalue weighted by Crippen LogP contribution is -1.98. The van der Waals surface area contributed by atoms with E-state index in [-0.39, 0.29) is 17.1 Å². The smallest absolute Gasteiger partial charge is 0.299 e. The second-order valence-corrected chi connectivity index (χ2v) is 4.76. The van der Waals surface area contributed by atoms with E-state index in [2.05, 4.69) is 21.2 Å². The van der Waals surface area contributed by atoms with Crippen LogP contribution in [0.4, 0.5) is 22.7 Å². The maximum absolute atomic E-state index is 11.0. The predicted octanol–water partition coefficient (Wildman–Crippen LogP) is 4.01. The van der Waals surface area contributed by atoms with Crippen LogP contribution in [0, 0.1) is 20.2 Å². The summed E-state index contributed by atoms with van der Waals surface area (Å²) in [5.41, 5.74) is 0.174. The molecule has 0 saturated heterocycles. The van der Waals surface area contributed by atoms with Gasteiger partial charge < -0.3 is 5.32 Å². The largest absolute Gasteiger partial charge is 0.350 e. The van der Waals surface area contributed by atoms with Crippen molar-refractivity contribution in [2.75, 3.05) is 5.32 Å². The molecule has 0 radical (unpaired) electrons. The number of hydrogen-bond acceptors (Lipinski definition) is 5. The molecule has 2 rings (SSSR count). The van der Waals surface area contributed by atoms with E-state index in [1.54, 1.807) is 24.3 Å². The van der Waals surface area contributed by atoms with Gasteiger partial charge in [-0.2, -0.15) is 0 Å². The fourth-order valence-corrected chi connectivity index (χ4v) is 1.84. The Labute approximate surface area is 121 Å². The van der Waals surface area contributed by atoms with Crippen molar-refractivity contribution in [1.29, 1.82) is 0 Å². The Morgan fingerprint density at radius 3 is 2.15 bits per heavy atom. The number of nitro groups is 2. The summed E-state index contributed by atoms with van der Waals surface area (Å²) < 4.78 is 0.876. The zero-order valence-corrected chi connectivity index (χ0v) is 11.5. The van der Waals surface area contributed by atoms with Crippen LogP contribution < -0.4 is 5.32 Å². The summed E-state index contributed by atoms with van der Waals surface area (Å²) in [7, 11) is 0. The van der Waals surface area contributed by atoms with Crippen molar-refractivity contribution in [1.82, 2.24) is 0 Å². The number of non-ortho nitro benzene ring substituents is 1. The van der Waals surface area contributed by atoms with Crippen LogP contribution >= 0.6 is 15.9 Å². The highest BCUT2D eigenvalue weighted by molar-refractivity contribution is 9.10. The van der Waals surface area contributed by atoms with E-state index in [0.717, 1.165) is 10.5 Å². The molecule has 0 unspecified atom stereocenters. The van der Waals surface area contributed by atoms with Crippen molar-refractivity contribution in [3.05, 3.63) is 67.2 Å². The zero-order chi connectivity index (χ0) is 14.7. The van der Waals surface area contributed by atoms with E-state index in [1.807, 2.05) is 0 Å². The lowest BCUT2D eigenvalue weighted by atomic mass is 10.2. The van der Waals surface area contributed by atoms with Crippen LogP contribution in [0.15, 0.2) is 46.9 Å². The van der Waals surface area contributed by atoms with E-state index < -0.39 is 9.85 Å². The second kappa shape index (κ2) is 5.66.